The summed E-state index contributed by atoms with van der Waals surface area (Å²) < 4.78 is 5.06. The first-order valence-electron chi connectivity index (χ1n) is 6.04. The van der Waals surface area contributed by atoms with E-state index in [0.717, 1.165) is 0 Å². The number of hydrogen-bond acceptors (Lipinski definition) is 5. The summed E-state index contributed by atoms with van der Waals surface area (Å²) in [6, 6.07) is 12.3. The van der Waals surface area contributed by atoms with Crippen LogP contribution in [0.2, 0.25) is 0 Å². The zero-order valence-corrected chi connectivity index (χ0v) is 10.9. The van der Waals surface area contributed by atoms with Crippen molar-refractivity contribution in [3.63, 3.8) is 0 Å². The van der Waals surface area contributed by atoms with Gasteiger partial charge in [-0.2, -0.15) is 0 Å². The first-order valence-corrected chi connectivity index (χ1v) is 6.04. The number of benzene rings is 2. The van der Waals surface area contributed by atoms with Crippen LogP contribution in [-0.2, 0) is 4.79 Å². The number of non-ortho nitro benzene ring substituents is 1. The Labute approximate surface area is 120 Å². The topological polar surface area (TPSA) is 95.5 Å². The van der Waals surface area contributed by atoms with Gasteiger partial charge < -0.3 is 10.5 Å². The minimum absolute atomic E-state index is 0.00315. The minimum atomic E-state index is -0.543. The molecule has 2 aromatic carbocycles. The van der Waals surface area contributed by atoms with Gasteiger partial charge in [-0.15, -0.1) is 0 Å². The summed E-state index contributed by atoms with van der Waals surface area (Å²) in [6.07, 6.45) is 2.76. The molecular weight excluding hydrogens is 272 g/mol. The molecule has 0 saturated heterocycles. The highest BCUT2D eigenvalue weighted by molar-refractivity contribution is 5.88. The number of nitrogens with zero attached hydrogens (tertiary/aromatic N) is 1. The molecule has 106 valence electrons. The van der Waals surface area contributed by atoms with Crippen LogP contribution < -0.4 is 10.5 Å². The SMILES string of the molecule is Nc1ccc(OC(=O)C=Cc2ccc([N+](=O)[O-])cc2)cc1. The first-order chi connectivity index (χ1) is 10.0. The lowest BCUT2D eigenvalue weighted by Gasteiger charge is -2.01. The van der Waals surface area contributed by atoms with Gasteiger partial charge in [0.25, 0.3) is 5.69 Å². The molecule has 0 bridgehead atoms. The second-order valence-corrected chi connectivity index (χ2v) is 4.17. The highest BCUT2D eigenvalue weighted by Crippen LogP contribution is 2.15. The van der Waals surface area contributed by atoms with Gasteiger partial charge in [-0.05, 0) is 48.0 Å². The molecule has 6 heteroatoms. The molecule has 2 N–H and O–H groups in total. The minimum Gasteiger partial charge on any atom is -0.423 e. The van der Waals surface area contributed by atoms with Crippen molar-refractivity contribution in [2.75, 3.05) is 5.73 Å². The van der Waals surface area contributed by atoms with E-state index in [1.165, 1.54) is 24.3 Å². The summed E-state index contributed by atoms with van der Waals surface area (Å²) in [5.41, 5.74) is 6.76. The predicted octanol–water partition coefficient (Wildman–Crippen LogP) is 2.80. The van der Waals surface area contributed by atoms with E-state index in [9.17, 15) is 14.9 Å². The Morgan fingerprint density at radius 2 is 1.71 bits per heavy atom. The number of nitro groups is 1. The predicted molar refractivity (Wildman–Crippen MR) is 78.6 cm³/mol. The third-order valence-electron chi connectivity index (χ3n) is 2.61. The van der Waals surface area contributed by atoms with Crippen molar-refractivity contribution in [3.8, 4) is 5.75 Å². The Morgan fingerprint density at radius 3 is 2.29 bits per heavy atom. The molecule has 0 aliphatic carbocycles. The van der Waals surface area contributed by atoms with Crippen LogP contribution in [0, 0.1) is 10.1 Å². The zero-order valence-electron chi connectivity index (χ0n) is 10.9. The summed E-state index contributed by atoms with van der Waals surface area (Å²) in [5.74, 6) is -0.152. The Bertz CT molecular complexity index is 676. The van der Waals surface area contributed by atoms with Crippen molar-refractivity contribution < 1.29 is 14.5 Å². The van der Waals surface area contributed by atoms with Crippen molar-refractivity contribution in [1.29, 1.82) is 0 Å². The maximum atomic E-state index is 11.6. The molecule has 2 rings (SSSR count). The molecule has 6 nitrogen and oxygen atoms in total. The van der Waals surface area contributed by atoms with E-state index in [1.807, 2.05) is 0 Å². The molecule has 0 fully saturated rings. The number of esters is 1. The molecule has 0 unspecified atom stereocenters. The molecule has 0 amide bonds. The van der Waals surface area contributed by atoms with Crippen LogP contribution in [0.1, 0.15) is 5.56 Å². The standard InChI is InChI=1S/C15H12N2O4/c16-12-4-8-14(9-5-12)21-15(18)10-3-11-1-6-13(7-2-11)17(19)20/h1-10H,16H2. The maximum absolute atomic E-state index is 11.6. The Morgan fingerprint density at radius 1 is 1.10 bits per heavy atom. The lowest BCUT2D eigenvalue weighted by molar-refractivity contribution is -0.384. The molecule has 0 aromatic heterocycles. The van der Waals surface area contributed by atoms with E-state index in [1.54, 1.807) is 36.4 Å². The van der Waals surface area contributed by atoms with Gasteiger partial charge in [0.2, 0.25) is 0 Å². The van der Waals surface area contributed by atoms with Crippen LogP contribution in [0.3, 0.4) is 0 Å². The summed E-state index contributed by atoms with van der Waals surface area (Å²) in [6.45, 7) is 0. The number of hydrogen-bond donors (Lipinski definition) is 1. The lowest BCUT2D eigenvalue weighted by Crippen LogP contribution is -2.03. The molecule has 21 heavy (non-hydrogen) atoms. The molecular formula is C15H12N2O4. The molecule has 2 aromatic rings. The highest BCUT2D eigenvalue weighted by atomic mass is 16.6. The van der Waals surface area contributed by atoms with Crippen LogP contribution in [0.15, 0.2) is 54.6 Å². The summed E-state index contributed by atoms with van der Waals surface area (Å²) in [4.78, 5) is 21.6. The van der Waals surface area contributed by atoms with Gasteiger partial charge in [-0.1, -0.05) is 0 Å². The number of anilines is 1. The second kappa shape index (κ2) is 6.33. The number of ether oxygens (including phenoxy) is 1. The van der Waals surface area contributed by atoms with E-state index in [-0.39, 0.29) is 5.69 Å². The number of carbonyl (C=O) groups excluding carboxylic acids is 1. The first kappa shape index (κ1) is 14.3. The maximum Gasteiger partial charge on any atom is 0.336 e. The Balaban J connectivity index is 1.98. The van der Waals surface area contributed by atoms with E-state index in [0.29, 0.717) is 17.0 Å². The summed E-state index contributed by atoms with van der Waals surface area (Å²) >= 11 is 0. The molecule has 0 saturated carbocycles. The lowest BCUT2D eigenvalue weighted by atomic mass is 10.2. The van der Waals surface area contributed by atoms with Crippen molar-refractivity contribution >= 4 is 23.4 Å². The molecule has 0 aliphatic rings. The zero-order chi connectivity index (χ0) is 15.2. The van der Waals surface area contributed by atoms with Gasteiger partial charge in [0.15, 0.2) is 0 Å². The van der Waals surface area contributed by atoms with E-state index < -0.39 is 10.9 Å². The number of rotatable bonds is 4. The smallest absolute Gasteiger partial charge is 0.336 e. The molecule has 0 atom stereocenters. The van der Waals surface area contributed by atoms with Gasteiger partial charge in [0, 0.05) is 23.9 Å². The van der Waals surface area contributed by atoms with E-state index in [2.05, 4.69) is 0 Å². The van der Waals surface area contributed by atoms with Crippen LogP contribution in [0.25, 0.3) is 6.08 Å². The third kappa shape index (κ3) is 4.17. The van der Waals surface area contributed by atoms with Crippen LogP contribution in [-0.4, -0.2) is 10.9 Å². The number of nitro benzene ring substituents is 1. The van der Waals surface area contributed by atoms with Gasteiger partial charge in [-0.25, -0.2) is 4.79 Å². The highest BCUT2D eigenvalue weighted by Gasteiger charge is 2.03. The van der Waals surface area contributed by atoms with Crippen LogP contribution in [0.4, 0.5) is 11.4 Å². The van der Waals surface area contributed by atoms with Gasteiger partial charge >= 0.3 is 5.97 Å². The van der Waals surface area contributed by atoms with Gasteiger partial charge in [0.1, 0.15) is 5.75 Å². The molecule has 0 heterocycles. The van der Waals surface area contributed by atoms with Crippen molar-refractivity contribution in [3.05, 3.63) is 70.3 Å². The Kier molecular flexibility index (Phi) is 4.30. The normalized spacial score (nSPS) is 10.5. The number of nitrogens with two attached hydrogens (primary N) is 1. The second-order valence-electron chi connectivity index (χ2n) is 4.17. The Hall–Kier alpha value is -3.15. The fraction of sp³-hybridized carbons (Fsp3) is 0. The molecule has 0 radical (unpaired) electrons. The summed E-state index contributed by atoms with van der Waals surface area (Å²) in [5, 5.41) is 10.5. The van der Waals surface area contributed by atoms with Crippen LogP contribution >= 0.6 is 0 Å². The van der Waals surface area contributed by atoms with Gasteiger partial charge in [-0.3, -0.25) is 10.1 Å². The van der Waals surface area contributed by atoms with E-state index >= 15 is 0 Å². The fourth-order valence-corrected chi connectivity index (χ4v) is 1.56. The third-order valence-corrected chi connectivity index (χ3v) is 2.61. The van der Waals surface area contributed by atoms with Crippen molar-refractivity contribution in [2.45, 2.75) is 0 Å². The van der Waals surface area contributed by atoms with Crippen molar-refractivity contribution in [2.24, 2.45) is 0 Å². The summed E-state index contributed by atoms with van der Waals surface area (Å²) in [7, 11) is 0. The monoisotopic (exact) mass is 284 g/mol. The quantitative estimate of drug-likeness (QED) is 0.232. The van der Waals surface area contributed by atoms with Gasteiger partial charge in [0.05, 0.1) is 4.92 Å². The number of nitrogen functional groups attached to an aromatic ring is 1. The molecule has 0 spiro atoms. The number of carbonyl (C=O) groups is 1. The average Bonchev–Trinajstić information content (AvgIpc) is 2.48. The van der Waals surface area contributed by atoms with Crippen molar-refractivity contribution in [1.82, 2.24) is 0 Å². The van der Waals surface area contributed by atoms with Crippen LogP contribution in [0.5, 0.6) is 5.75 Å². The fourth-order valence-electron chi connectivity index (χ4n) is 1.56. The largest absolute Gasteiger partial charge is 0.423 e. The van der Waals surface area contributed by atoms with E-state index in [4.69, 9.17) is 10.5 Å². The molecule has 0 aliphatic heterocycles. The average molecular weight is 284 g/mol.